The van der Waals surface area contributed by atoms with Gasteiger partial charge in [-0.25, -0.2) is 0 Å². The van der Waals surface area contributed by atoms with Crippen LogP contribution in [0.25, 0.3) is 0 Å². The molecular weight excluding hydrogens is 246 g/mol. The van der Waals surface area contributed by atoms with Crippen molar-refractivity contribution in [2.45, 2.75) is 33.2 Å². The summed E-state index contributed by atoms with van der Waals surface area (Å²) < 4.78 is 0. The first-order valence-corrected chi connectivity index (χ1v) is 7.11. The SMILES string of the molecule is CCc1ccc(C(=O)c2ccccc2)c(NC(C)C)c1. The summed E-state index contributed by atoms with van der Waals surface area (Å²) in [5.41, 5.74) is 3.62. The zero-order valence-corrected chi connectivity index (χ0v) is 12.3. The van der Waals surface area contributed by atoms with Gasteiger partial charge in [0.25, 0.3) is 0 Å². The van der Waals surface area contributed by atoms with E-state index in [0.29, 0.717) is 6.04 Å². The van der Waals surface area contributed by atoms with Gasteiger partial charge in [-0.05, 0) is 38.0 Å². The molecule has 0 amide bonds. The zero-order chi connectivity index (χ0) is 14.5. The van der Waals surface area contributed by atoms with Crippen LogP contribution in [0, 0.1) is 0 Å². The maximum Gasteiger partial charge on any atom is 0.195 e. The Morgan fingerprint density at radius 2 is 1.80 bits per heavy atom. The number of rotatable bonds is 5. The number of anilines is 1. The van der Waals surface area contributed by atoms with E-state index in [4.69, 9.17) is 0 Å². The normalized spacial score (nSPS) is 10.6. The van der Waals surface area contributed by atoms with E-state index in [9.17, 15) is 4.79 Å². The lowest BCUT2D eigenvalue weighted by molar-refractivity contribution is 0.103. The third-order valence-corrected chi connectivity index (χ3v) is 3.22. The molecule has 0 fully saturated rings. The summed E-state index contributed by atoms with van der Waals surface area (Å²) in [5.74, 6) is 0.0661. The van der Waals surface area contributed by atoms with Gasteiger partial charge in [0.15, 0.2) is 5.78 Å². The molecule has 0 unspecified atom stereocenters. The molecule has 0 heterocycles. The molecule has 2 nitrogen and oxygen atoms in total. The Balaban J connectivity index is 2.42. The molecule has 1 N–H and O–H groups in total. The average Bonchev–Trinajstić information content (AvgIpc) is 2.46. The van der Waals surface area contributed by atoms with E-state index in [1.807, 2.05) is 42.5 Å². The van der Waals surface area contributed by atoms with E-state index >= 15 is 0 Å². The largest absolute Gasteiger partial charge is 0.382 e. The highest BCUT2D eigenvalue weighted by molar-refractivity contribution is 6.12. The molecule has 0 aromatic heterocycles. The van der Waals surface area contributed by atoms with Crippen LogP contribution in [0.5, 0.6) is 0 Å². The van der Waals surface area contributed by atoms with E-state index in [1.165, 1.54) is 5.56 Å². The van der Waals surface area contributed by atoms with Gasteiger partial charge >= 0.3 is 0 Å². The second-order valence-electron chi connectivity index (χ2n) is 5.23. The Morgan fingerprint density at radius 3 is 2.40 bits per heavy atom. The summed E-state index contributed by atoms with van der Waals surface area (Å²) in [7, 11) is 0. The Bertz CT molecular complexity index is 588. The van der Waals surface area contributed by atoms with E-state index < -0.39 is 0 Å². The molecule has 0 bridgehead atoms. The number of nitrogens with one attached hydrogen (secondary N) is 1. The van der Waals surface area contributed by atoms with Gasteiger partial charge in [-0.3, -0.25) is 4.79 Å². The summed E-state index contributed by atoms with van der Waals surface area (Å²) in [5, 5.41) is 3.38. The van der Waals surface area contributed by atoms with Gasteiger partial charge in [-0.15, -0.1) is 0 Å². The molecule has 0 radical (unpaired) electrons. The number of carbonyl (C=O) groups excluding carboxylic acids is 1. The van der Waals surface area contributed by atoms with Crippen LogP contribution in [0.2, 0.25) is 0 Å². The van der Waals surface area contributed by atoms with Crippen LogP contribution in [-0.2, 0) is 6.42 Å². The quantitative estimate of drug-likeness (QED) is 0.818. The third-order valence-electron chi connectivity index (χ3n) is 3.22. The molecule has 2 aromatic rings. The van der Waals surface area contributed by atoms with Gasteiger partial charge in [-0.1, -0.05) is 43.3 Å². The summed E-state index contributed by atoms with van der Waals surface area (Å²) in [6.07, 6.45) is 0.965. The summed E-state index contributed by atoms with van der Waals surface area (Å²) in [6, 6.07) is 15.8. The summed E-state index contributed by atoms with van der Waals surface area (Å²) in [4.78, 5) is 12.6. The number of aryl methyl sites for hydroxylation is 1. The first-order valence-electron chi connectivity index (χ1n) is 7.11. The molecule has 20 heavy (non-hydrogen) atoms. The van der Waals surface area contributed by atoms with Gasteiger partial charge in [0, 0.05) is 22.9 Å². The van der Waals surface area contributed by atoms with E-state index in [2.05, 4.69) is 32.2 Å². The van der Waals surface area contributed by atoms with E-state index in [-0.39, 0.29) is 5.78 Å². The number of hydrogen-bond acceptors (Lipinski definition) is 2. The fourth-order valence-electron chi connectivity index (χ4n) is 2.18. The summed E-state index contributed by atoms with van der Waals surface area (Å²) in [6.45, 7) is 6.28. The second kappa shape index (κ2) is 6.38. The third kappa shape index (κ3) is 3.27. The highest BCUT2D eigenvalue weighted by Gasteiger charge is 2.14. The van der Waals surface area contributed by atoms with Crippen LogP contribution in [-0.4, -0.2) is 11.8 Å². The van der Waals surface area contributed by atoms with Gasteiger partial charge in [0.2, 0.25) is 0 Å². The van der Waals surface area contributed by atoms with Gasteiger partial charge in [-0.2, -0.15) is 0 Å². The second-order valence-corrected chi connectivity index (χ2v) is 5.23. The standard InChI is InChI=1S/C18H21NO/c1-4-14-10-11-16(17(12-14)19-13(2)3)18(20)15-8-6-5-7-9-15/h5-13,19H,4H2,1-3H3. The van der Waals surface area contributed by atoms with Crippen molar-refractivity contribution >= 4 is 11.5 Å². The lowest BCUT2D eigenvalue weighted by Gasteiger charge is -2.15. The molecule has 2 rings (SSSR count). The zero-order valence-electron chi connectivity index (χ0n) is 12.3. The van der Waals surface area contributed by atoms with Crippen LogP contribution in [0.1, 0.15) is 42.3 Å². The molecule has 0 aliphatic rings. The predicted molar refractivity (Wildman–Crippen MR) is 84.5 cm³/mol. The monoisotopic (exact) mass is 267 g/mol. The van der Waals surface area contributed by atoms with Gasteiger partial charge in [0.1, 0.15) is 0 Å². The molecule has 0 aliphatic carbocycles. The Hall–Kier alpha value is -2.09. The maximum atomic E-state index is 12.6. The number of ketones is 1. The first-order chi connectivity index (χ1) is 9.61. The van der Waals surface area contributed by atoms with Crippen molar-refractivity contribution in [1.29, 1.82) is 0 Å². The minimum Gasteiger partial charge on any atom is -0.382 e. The smallest absolute Gasteiger partial charge is 0.195 e. The highest BCUT2D eigenvalue weighted by atomic mass is 16.1. The molecule has 0 saturated heterocycles. The first kappa shape index (κ1) is 14.3. The van der Waals surface area contributed by atoms with Crippen LogP contribution in [0.4, 0.5) is 5.69 Å². The molecule has 0 aliphatic heterocycles. The van der Waals surface area contributed by atoms with Crippen LogP contribution in [0.15, 0.2) is 48.5 Å². The molecule has 2 aromatic carbocycles. The molecule has 0 saturated carbocycles. The van der Waals surface area contributed by atoms with Crippen LogP contribution in [0.3, 0.4) is 0 Å². The van der Waals surface area contributed by atoms with Gasteiger partial charge in [0.05, 0.1) is 0 Å². The minimum atomic E-state index is 0.0661. The molecular formula is C18H21NO. The Morgan fingerprint density at radius 1 is 1.10 bits per heavy atom. The Kier molecular flexibility index (Phi) is 4.57. The Labute approximate surface area is 120 Å². The van der Waals surface area contributed by atoms with Crippen molar-refractivity contribution in [3.8, 4) is 0 Å². The van der Waals surface area contributed by atoms with E-state index in [0.717, 1.165) is 23.2 Å². The molecule has 0 atom stereocenters. The lowest BCUT2D eigenvalue weighted by atomic mass is 9.99. The van der Waals surface area contributed by atoms with Crippen LogP contribution < -0.4 is 5.32 Å². The van der Waals surface area contributed by atoms with Crippen molar-refractivity contribution < 1.29 is 4.79 Å². The number of carbonyl (C=O) groups is 1. The van der Waals surface area contributed by atoms with Crippen molar-refractivity contribution in [3.63, 3.8) is 0 Å². The van der Waals surface area contributed by atoms with Crippen molar-refractivity contribution in [3.05, 3.63) is 65.2 Å². The fourth-order valence-corrected chi connectivity index (χ4v) is 2.18. The number of hydrogen-bond donors (Lipinski definition) is 1. The topological polar surface area (TPSA) is 29.1 Å². The number of benzene rings is 2. The average molecular weight is 267 g/mol. The summed E-state index contributed by atoms with van der Waals surface area (Å²) >= 11 is 0. The molecule has 0 spiro atoms. The minimum absolute atomic E-state index is 0.0661. The van der Waals surface area contributed by atoms with Gasteiger partial charge < -0.3 is 5.32 Å². The highest BCUT2D eigenvalue weighted by Crippen LogP contribution is 2.22. The molecule has 104 valence electrons. The fraction of sp³-hybridized carbons (Fsp3) is 0.278. The van der Waals surface area contributed by atoms with Crippen molar-refractivity contribution in [2.24, 2.45) is 0 Å². The van der Waals surface area contributed by atoms with Crippen molar-refractivity contribution in [2.75, 3.05) is 5.32 Å². The molecule has 2 heteroatoms. The van der Waals surface area contributed by atoms with Crippen molar-refractivity contribution in [1.82, 2.24) is 0 Å². The van der Waals surface area contributed by atoms with Crippen LogP contribution >= 0.6 is 0 Å². The van der Waals surface area contributed by atoms with E-state index in [1.54, 1.807) is 0 Å². The maximum absolute atomic E-state index is 12.6. The lowest BCUT2D eigenvalue weighted by Crippen LogP contribution is -2.14. The predicted octanol–water partition coefficient (Wildman–Crippen LogP) is 4.30.